The van der Waals surface area contributed by atoms with Crippen molar-refractivity contribution in [2.45, 2.75) is 19.8 Å². The molecule has 0 unspecified atom stereocenters. The molecule has 2 rings (SSSR count). The highest BCUT2D eigenvalue weighted by atomic mass is 19.1. The number of amides is 1. The molecule has 0 bridgehead atoms. The van der Waals surface area contributed by atoms with Gasteiger partial charge in [-0.3, -0.25) is 4.79 Å². The summed E-state index contributed by atoms with van der Waals surface area (Å²) in [6.45, 7) is 3.69. The number of hydrogen-bond donors (Lipinski definition) is 0. The molecule has 1 aliphatic rings. The molecule has 0 aliphatic carbocycles. The summed E-state index contributed by atoms with van der Waals surface area (Å²) in [6, 6.07) is 4.30. The van der Waals surface area contributed by atoms with E-state index in [9.17, 15) is 9.18 Å². The maximum atomic E-state index is 13.5. The predicted octanol–water partition coefficient (Wildman–Crippen LogP) is 2.47. The van der Waals surface area contributed by atoms with Gasteiger partial charge in [0.1, 0.15) is 5.75 Å². The Labute approximate surface area is 118 Å². The van der Waals surface area contributed by atoms with Gasteiger partial charge >= 0.3 is 0 Å². The Balaban J connectivity index is 1.85. The van der Waals surface area contributed by atoms with E-state index in [0.717, 1.165) is 25.9 Å². The summed E-state index contributed by atoms with van der Waals surface area (Å²) in [5.74, 6) is 0.628. The molecule has 1 amide bonds. The maximum Gasteiger partial charge on any atom is 0.260 e. The Morgan fingerprint density at radius 1 is 1.40 bits per heavy atom. The fourth-order valence-corrected chi connectivity index (χ4v) is 2.23. The first-order valence-electron chi connectivity index (χ1n) is 6.84. The van der Waals surface area contributed by atoms with Crippen LogP contribution >= 0.6 is 0 Å². The lowest BCUT2D eigenvalue weighted by Crippen LogP contribution is -2.40. The lowest BCUT2D eigenvalue weighted by Gasteiger charge is -2.30. The third kappa shape index (κ3) is 3.62. The van der Waals surface area contributed by atoms with Crippen molar-refractivity contribution >= 4 is 5.91 Å². The molecule has 1 fully saturated rings. The summed E-state index contributed by atoms with van der Waals surface area (Å²) in [4.78, 5) is 13.8. The molecule has 1 heterocycles. The van der Waals surface area contributed by atoms with Gasteiger partial charge in [0.25, 0.3) is 5.91 Å². The number of ether oxygens (including phenoxy) is 2. The van der Waals surface area contributed by atoms with Crippen LogP contribution in [-0.4, -0.2) is 37.6 Å². The van der Waals surface area contributed by atoms with Crippen molar-refractivity contribution in [3.8, 4) is 11.5 Å². The molecule has 110 valence electrons. The maximum absolute atomic E-state index is 13.5. The van der Waals surface area contributed by atoms with E-state index in [2.05, 4.69) is 6.92 Å². The van der Waals surface area contributed by atoms with Crippen LogP contribution in [0.1, 0.15) is 19.8 Å². The SMILES string of the molecule is COc1ccc(OCC(=O)N2CCC(C)CC2)cc1F. The van der Waals surface area contributed by atoms with Gasteiger partial charge in [0, 0.05) is 19.2 Å². The summed E-state index contributed by atoms with van der Waals surface area (Å²) in [5.41, 5.74) is 0. The Morgan fingerprint density at radius 2 is 2.10 bits per heavy atom. The molecule has 1 aromatic rings. The third-order valence-electron chi connectivity index (χ3n) is 3.62. The van der Waals surface area contributed by atoms with Crippen molar-refractivity contribution < 1.29 is 18.7 Å². The minimum absolute atomic E-state index is 0.0480. The zero-order valence-corrected chi connectivity index (χ0v) is 11.9. The van der Waals surface area contributed by atoms with Crippen molar-refractivity contribution in [3.05, 3.63) is 24.0 Å². The Hall–Kier alpha value is -1.78. The molecular formula is C15H20FNO3. The number of methoxy groups -OCH3 is 1. The van der Waals surface area contributed by atoms with E-state index >= 15 is 0 Å². The van der Waals surface area contributed by atoms with Crippen molar-refractivity contribution in [1.82, 2.24) is 4.90 Å². The molecule has 0 radical (unpaired) electrons. The molecule has 1 aromatic carbocycles. The van der Waals surface area contributed by atoms with Crippen molar-refractivity contribution in [2.75, 3.05) is 26.8 Å². The number of likely N-dealkylation sites (tertiary alicyclic amines) is 1. The number of benzene rings is 1. The summed E-state index contributed by atoms with van der Waals surface area (Å²) in [6.07, 6.45) is 2.06. The Bertz CT molecular complexity index is 470. The number of hydrogen-bond acceptors (Lipinski definition) is 3. The second kappa shape index (κ2) is 6.59. The highest BCUT2D eigenvalue weighted by molar-refractivity contribution is 5.77. The number of piperidine rings is 1. The van der Waals surface area contributed by atoms with Crippen LogP contribution in [-0.2, 0) is 4.79 Å². The molecule has 5 heteroatoms. The fraction of sp³-hybridized carbons (Fsp3) is 0.533. The van der Waals surface area contributed by atoms with Crippen molar-refractivity contribution in [3.63, 3.8) is 0 Å². The van der Waals surface area contributed by atoms with Crippen LogP contribution in [0.15, 0.2) is 18.2 Å². The normalized spacial score (nSPS) is 16.1. The Morgan fingerprint density at radius 3 is 2.70 bits per heavy atom. The highest BCUT2D eigenvalue weighted by Crippen LogP contribution is 2.22. The molecule has 0 saturated carbocycles. The second-order valence-corrected chi connectivity index (χ2v) is 5.15. The standard InChI is InChI=1S/C15H20FNO3/c1-11-5-7-17(8-6-11)15(18)10-20-12-3-4-14(19-2)13(16)9-12/h3-4,9,11H,5-8,10H2,1-2H3. The van der Waals surface area contributed by atoms with Crippen molar-refractivity contribution in [2.24, 2.45) is 5.92 Å². The zero-order chi connectivity index (χ0) is 14.5. The van der Waals surface area contributed by atoms with Gasteiger partial charge in [0.2, 0.25) is 0 Å². The molecular weight excluding hydrogens is 261 g/mol. The van der Waals surface area contributed by atoms with Crippen LogP contribution in [0.25, 0.3) is 0 Å². The summed E-state index contributed by atoms with van der Waals surface area (Å²) in [5, 5.41) is 0. The first kappa shape index (κ1) is 14.6. The number of halogens is 1. The Kier molecular flexibility index (Phi) is 4.82. The average Bonchev–Trinajstić information content (AvgIpc) is 2.45. The summed E-state index contributed by atoms with van der Waals surface area (Å²) in [7, 11) is 1.40. The van der Waals surface area contributed by atoms with E-state index in [0.29, 0.717) is 11.7 Å². The number of carbonyl (C=O) groups is 1. The monoisotopic (exact) mass is 281 g/mol. The van der Waals surface area contributed by atoms with Gasteiger partial charge in [-0.15, -0.1) is 0 Å². The molecule has 4 nitrogen and oxygen atoms in total. The number of rotatable bonds is 4. The van der Waals surface area contributed by atoms with E-state index in [1.165, 1.54) is 19.2 Å². The smallest absolute Gasteiger partial charge is 0.260 e. The first-order chi connectivity index (χ1) is 9.60. The fourth-order valence-electron chi connectivity index (χ4n) is 2.23. The van der Waals surface area contributed by atoms with Gasteiger partial charge in [-0.25, -0.2) is 4.39 Å². The molecule has 1 saturated heterocycles. The van der Waals surface area contributed by atoms with Gasteiger partial charge in [-0.05, 0) is 30.9 Å². The lowest BCUT2D eigenvalue weighted by molar-refractivity contribution is -0.134. The number of carbonyl (C=O) groups excluding carboxylic acids is 1. The summed E-state index contributed by atoms with van der Waals surface area (Å²) >= 11 is 0. The van der Waals surface area contributed by atoms with Gasteiger partial charge in [0.05, 0.1) is 7.11 Å². The summed E-state index contributed by atoms with van der Waals surface area (Å²) < 4.78 is 23.6. The molecule has 1 aliphatic heterocycles. The van der Waals surface area contributed by atoms with E-state index in [1.54, 1.807) is 11.0 Å². The molecule has 0 spiro atoms. The quantitative estimate of drug-likeness (QED) is 0.851. The minimum Gasteiger partial charge on any atom is -0.494 e. The molecule has 0 N–H and O–H groups in total. The van der Waals surface area contributed by atoms with Gasteiger partial charge < -0.3 is 14.4 Å². The first-order valence-corrected chi connectivity index (χ1v) is 6.84. The van der Waals surface area contributed by atoms with Crippen LogP contribution in [0.5, 0.6) is 11.5 Å². The average molecular weight is 281 g/mol. The molecule has 0 aromatic heterocycles. The van der Waals surface area contributed by atoms with E-state index in [1.807, 2.05) is 0 Å². The highest BCUT2D eigenvalue weighted by Gasteiger charge is 2.20. The lowest BCUT2D eigenvalue weighted by atomic mass is 9.99. The second-order valence-electron chi connectivity index (χ2n) is 5.15. The van der Waals surface area contributed by atoms with Crippen LogP contribution in [0.3, 0.4) is 0 Å². The molecule has 20 heavy (non-hydrogen) atoms. The van der Waals surface area contributed by atoms with Gasteiger partial charge in [-0.1, -0.05) is 6.92 Å². The van der Waals surface area contributed by atoms with Gasteiger partial charge in [-0.2, -0.15) is 0 Å². The van der Waals surface area contributed by atoms with E-state index in [4.69, 9.17) is 9.47 Å². The van der Waals surface area contributed by atoms with E-state index < -0.39 is 5.82 Å². The topological polar surface area (TPSA) is 38.8 Å². The predicted molar refractivity (Wildman–Crippen MR) is 73.4 cm³/mol. The van der Waals surface area contributed by atoms with Gasteiger partial charge in [0.15, 0.2) is 18.2 Å². The number of nitrogens with zero attached hydrogens (tertiary/aromatic N) is 1. The largest absolute Gasteiger partial charge is 0.494 e. The van der Waals surface area contributed by atoms with Crippen LogP contribution < -0.4 is 9.47 Å². The minimum atomic E-state index is -0.496. The molecule has 0 atom stereocenters. The van der Waals surface area contributed by atoms with Crippen LogP contribution in [0.4, 0.5) is 4.39 Å². The van der Waals surface area contributed by atoms with Crippen molar-refractivity contribution in [1.29, 1.82) is 0 Å². The third-order valence-corrected chi connectivity index (χ3v) is 3.62. The van der Waals surface area contributed by atoms with E-state index in [-0.39, 0.29) is 18.3 Å². The van der Waals surface area contributed by atoms with Crippen LogP contribution in [0, 0.1) is 11.7 Å². The van der Waals surface area contributed by atoms with Crippen LogP contribution in [0.2, 0.25) is 0 Å². The zero-order valence-electron chi connectivity index (χ0n) is 11.9.